The van der Waals surface area contributed by atoms with Crippen molar-refractivity contribution in [1.82, 2.24) is 9.80 Å². The number of hydrogen-bond donors (Lipinski definition) is 0. The smallest absolute Gasteiger partial charge is 0.231 e. The summed E-state index contributed by atoms with van der Waals surface area (Å²) in [4.78, 5) is 5.14. The summed E-state index contributed by atoms with van der Waals surface area (Å²) >= 11 is 0. The molecule has 0 amide bonds. The molecule has 3 aliphatic heterocycles. The van der Waals surface area contributed by atoms with Crippen LogP contribution < -0.4 is 9.47 Å². The van der Waals surface area contributed by atoms with Gasteiger partial charge in [0.2, 0.25) is 6.79 Å². The molecule has 34 heavy (non-hydrogen) atoms. The predicted molar refractivity (Wildman–Crippen MR) is 136 cm³/mol. The Bertz CT molecular complexity index is 896. The van der Waals surface area contributed by atoms with Crippen LogP contribution in [0.15, 0.2) is 42.5 Å². The topological polar surface area (TPSA) is 34.2 Å². The molecule has 5 rings (SSSR count). The molecule has 2 fully saturated rings. The molecule has 2 aromatic rings. The number of morpholine rings is 1. The number of benzene rings is 2. The van der Waals surface area contributed by atoms with Gasteiger partial charge in [-0.3, -0.25) is 4.90 Å². The Morgan fingerprint density at radius 1 is 0.853 bits per heavy atom. The van der Waals surface area contributed by atoms with E-state index in [1.807, 2.05) is 18.2 Å². The van der Waals surface area contributed by atoms with Crippen LogP contribution in [0, 0.1) is 11.7 Å². The van der Waals surface area contributed by atoms with Crippen LogP contribution >= 0.6 is 24.8 Å². The Kier molecular flexibility index (Phi) is 10.3. The lowest BCUT2D eigenvalue weighted by Gasteiger charge is -2.39. The van der Waals surface area contributed by atoms with E-state index in [2.05, 4.69) is 21.9 Å². The third-order valence-electron chi connectivity index (χ3n) is 7.10. The maximum absolute atomic E-state index is 13.5. The van der Waals surface area contributed by atoms with Crippen molar-refractivity contribution in [2.45, 2.75) is 25.2 Å². The molecule has 3 aliphatic rings. The van der Waals surface area contributed by atoms with Crippen LogP contribution in [0.3, 0.4) is 0 Å². The highest BCUT2D eigenvalue weighted by Gasteiger charge is 2.31. The first-order valence-corrected chi connectivity index (χ1v) is 11.9. The molecule has 3 heterocycles. The Morgan fingerprint density at radius 2 is 1.59 bits per heavy atom. The van der Waals surface area contributed by atoms with Gasteiger partial charge in [0.15, 0.2) is 11.5 Å². The number of rotatable bonds is 7. The normalized spacial score (nSPS) is 22.6. The fraction of sp³-hybridized carbons (Fsp3) is 0.538. The van der Waals surface area contributed by atoms with E-state index in [0.29, 0.717) is 18.6 Å². The number of hydrogen-bond acceptors (Lipinski definition) is 5. The van der Waals surface area contributed by atoms with E-state index in [1.54, 1.807) is 12.1 Å². The van der Waals surface area contributed by atoms with Crippen molar-refractivity contribution in [1.29, 1.82) is 0 Å². The fourth-order valence-corrected chi connectivity index (χ4v) is 5.38. The van der Waals surface area contributed by atoms with Crippen molar-refractivity contribution in [2.75, 3.05) is 59.3 Å². The Labute approximate surface area is 214 Å². The van der Waals surface area contributed by atoms with Crippen molar-refractivity contribution in [3.8, 4) is 11.5 Å². The Morgan fingerprint density at radius 3 is 2.38 bits per heavy atom. The second-order valence-corrected chi connectivity index (χ2v) is 9.21. The standard InChI is InChI=1S/C26H33FN2O3.2ClH/c27-23-5-3-21(4-6-23)24-8-11-29(10-1-9-28-12-14-30-15-13-28)18-22(24)16-20-2-7-25-26(17-20)32-19-31-25;;/h2-7,17,22,24H,1,8-16,18-19H2;2*1H/t22-,24+;;/m0../s1. The van der Waals surface area contributed by atoms with Crippen LogP contribution in [-0.4, -0.2) is 69.1 Å². The van der Waals surface area contributed by atoms with Crippen LogP contribution in [0.4, 0.5) is 4.39 Å². The fourth-order valence-electron chi connectivity index (χ4n) is 5.38. The van der Waals surface area contributed by atoms with Gasteiger partial charge in [-0.05, 0) is 86.1 Å². The number of piperidine rings is 1. The summed E-state index contributed by atoms with van der Waals surface area (Å²) in [5, 5.41) is 0. The third kappa shape index (κ3) is 6.76. The molecule has 0 aromatic heterocycles. The van der Waals surface area contributed by atoms with Crippen molar-refractivity contribution >= 4 is 24.8 Å². The molecule has 5 nitrogen and oxygen atoms in total. The molecule has 2 aromatic carbocycles. The van der Waals surface area contributed by atoms with E-state index >= 15 is 0 Å². The van der Waals surface area contributed by atoms with Gasteiger partial charge in [-0.15, -0.1) is 24.8 Å². The molecule has 2 saturated heterocycles. The minimum Gasteiger partial charge on any atom is -0.454 e. The van der Waals surface area contributed by atoms with E-state index in [9.17, 15) is 4.39 Å². The summed E-state index contributed by atoms with van der Waals surface area (Å²) in [6.07, 6.45) is 3.29. The molecule has 8 heteroatoms. The monoisotopic (exact) mass is 512 g/mol. The molecule has 0 saturated carbocycles. The number of fused-ring (bicyclic) bond motifs is 1. The van der Waals surface area contributed by atoms with Gasteiger partial charge in [0, 0.05) is 19.6 Å². The van der Waals surface area contributed by atoms with Crippen LogP contribution in [0.5, 0.6) is 11.5 Å². The molecule has 0 bridgehead atoms. The molecule has 0 N–H and O–H groups in total. The van der Waals surface area contributed by atoms with Crippen LogP contribution in [0.25, 0.3) is 0 Å². The van der Waals surface area contributed by atoms with E-state index in [4.69, 9.17) is 14.2 Å². The molecule has 0 aliphatic carbocycles. The lowest BCUT2D eigenvalue weighted by molar-refractivity contribution is 0.0351. The predicted octanol–water partition coefficient (Wildman–Crippen LogP) is 4.77. The molecule has 188 valence electrons. The lowest BCUT2D eigenvalue weighted by atomic mass is 9.77. The summed E-state index contributed by atoms with van der Waals surface area (Å²) in [5.41, 5.74) is 2.53. The van der Waals surface area contributed by atoms with Gasteiger partial charge < -0.3 is 19.1 Å². The second kappa shape index (κ2) is 12.9. The summed E-state index contributed by atoms with van der Waals surface area (Å²) in [6.45, 7) is 8.58. The second-order valence-electron chi connectivity index (χ2n) is 9.21. The van der Waals surface area contributed by atoms with Gasteiger partial charge in [-0.2, -0.15) is 0 Å². The summed E-state index contributed by atoms with van der Waals surface area (Å²) < 4.78 is 30.1. The molecule has 0 spiro atoms. The first-order valence-electron chi connectivity index (χ1n) is 11.9. The summed E-state index contributed by atoms with van der Waals surface area (Å²) in [5.74, 6) is 2.44. The largest absolute Gasteiger partial charge is 0.454 e. The quantitative estimate of drug-likeness (QED) is 0.533. The maximum atomic E-state index is 13.5. The molecular weight excluding hydrogens is 478 g/mol. The summed E-state index contributed by atoms with van der Waals surface area (Å²) in [7, 11) is 0. The summed E-state index contributed by atoms with van der Waals surface area (Å²) in [6, 6.07) is 13.5. The van der Waals surface area contributed by atoms with Crippen molar-refractivity contribution in [2.24, 2.45) is 5.92 Å². The number of nitrogens with zero attached hydrogens (tertiary/aromatic N) is 2. The van der Waals surface area contributed by atoms with Crippen LogP contribution in [-0.2, 0) is 11.2 Å². The third-order valence-corrected chi connectivity index (χ3v) is 7.10. The Hall–Kier alpha value is -1.57. The highest BCUT2D eigenvalue weighted by molar-refractivity contribution is 5.85. The molecule has 0 unspecified atom stereocenters. The molecular formula is C26H35Cl2FN2O3. The maximum Gasteiger partial charge on any atom is 0.231 e. The zero-order valence-electron chi connectivity index (χ0n) is 19.5. The van der Waals surface area contributed by atoms with Crippen molar-refractivity contribution < 1.29 is 18.6 Å². The van der Waals surface area contributed by atoms with E-state index < -0.39 is 0 Å². The Balaban J connectivity index is 0.00000162. The SMILES string of the molecule is Cl.Cl.Fc1ccc([C@H]2CCN(CCCN3CCOCC3)C[C@@H]2Cc2ccc3c(c2)OCO3)cc1. The van der Waals surface area contributed by atoms with Crippen LogP contribution in [0.1, 0.15) is 29.9 Å². The average molecular weight is 513 g/mol. The van der Waals surface area contributed by atoms with Crippen molar-refractivity contribution in [3.63, 3.8) is 0 Å². The number of ether oxygens (including phenoxy) is 3. The van der Waals surface area contributed by atoms with Gasteiger partial charge in [0.25, 0.3) is 0 Å². The van der Waals surface area contributed by atoms with E-state index in [-0.39, 0.29) is 30.6 Å². The van der Waals surface area contributed by atoms with Crippen LogP contribution in [0.2, 0.25) is 0 Å². The van der Waals surface area contributed by atoms with Gasteiger partial charge in [-0.1, -0.05) is 18.2 Å². The molecule has 0 radical (unpaired) electrons. The van der Waals surface area contributed by atoms with E-state index in [1.165, 1.54) is 17.5 Å². The number of likely N-dealkylation sites (tertiary alicyclic amines) is 1. The zero-order valence-corrected chi connectivity index (χ0v) is 21.1. The molecule has 2 atom stereocenters. The highest BCUT2D eigenvalue weighted by Crippen LogP contribution is 2.38. The minimum absolute atomic E-state index is 0. The van der Waals surface area contributed by atoms with Gasteiger partial charge in [0.1, 0.15) is 5.82 Å². The average Bonchev–Trinajstić information content (AvgIpc) is 3.29. The zero-order chi connectivity index (χ0) is 21.8. The first kappa shape index (κ1) is 27.0. The lowest BCUT2D eigenvalue weighted by Crippen LogP contribution is -2.42. The number of halogens is 3. The highest BCUT2D eigenvalue weighted by atomic mass is 35.5. The van der Waals surface area contributed by atoms with Gasteiger partial charge >= 0.3 is 0 Å². The first-order chi connectivity index (χ1) is 15.7. The van der Waals surface area contributed by atoms with Crippen molar-refractivity contribution in [3.05, 3.63) is 59.4 Å². The minimum atomic E-state index is -0.165. The van der Waals surface area contributed by atoms with Gasteiger partial charge in [-0.25, -0.2) is 4.39 Å². The van der Waals surface area contributed by atoms with Gasteiger partial charge in [0.05, 0.1) is 13.2 Å². The van der Waals surface area contributed by atoms with E-state index in [0.717, 1.165) is 76.8 Å².